The molecule has 0 spiro atoms. The van der Waals surface area contributed by atoms with Crippen molar-refractivity contribution < 1.29 is 4.79 Å². The number of rotatable bonds is 3. The minimum atomic E-state index is -0.0580. The van der Waals surface area contributed by atoms with Gasteiger partial charge in [-0.3, -0.25) is 0 Å². The first-order valence-electron chi connectivity index (χ1n) is 5.76. The van der Waals surface area contributed by atoms with Gasteiger partial charge in [0.05, 0.1) is 0 Å². The summed E-state index contributed by atoms with van der Waals surface area (Å²) in [5.41, 5.74) is 0.810. The number of anilines is 1. The van der Waals surface area contributed by atoms with E-state index in [1.807, 2.05) is 56.9 Å². The highest BCUT2D eigenvalue weighted by Gasteiger charge is 2.19. The van der Waals surface area contributed by atoms with Gasteiger partial charge in [0.1, 0.15) is 0 Å². The summed E-state index contributed by atoms with van der Waals surface area (Å²) >= 11 is 3.36. The van der Waals surface area contributed by atoms with Crippen molar-refractivity contribution in [3.8, 4) is 0 Å². The topological polar surface area (TPSA) is 32.3 Å². The van der Waals surface area contributed by atoms with Gasteiger partial charge >= 0.3 is 6.03 Å². The van der Waals surface area contributed by atoms with Crippen LogP contribution in [0.5, 0.6) is 0 Å². The van der Waals surface area contributed by atoms with Crippen LogP contribution in [0, 0.1) is 0 Å². The van der Waals surface area contributed by atoms with Crippen molar-refractivity contribution in [2.45, 2.75) is 39.8 Å². The maximum atomic E-state index is 12.1. The van der Waals surface area contributed by atoms with Gasteiger partial charge in [0.25, 0.3) is 0 Å². The molecule has 0 aliphatic rings. The molecule has 0 saturated carbocycles. The summed E-state index contributed by atoms with van der Waals surface area (Å²) < 4.78 is 1.00. The predicted octanol–water partition coefficient (Wildman–Crippen LogP) is 4.10. The molecule has 1 aromatic rings. The Bertz CT molecular complexity index is 366. The molecule has 2 amide bonds. The van der Waals surface area contributed by atoms with Gasteiger partial charge in [0.15, 0.2) is 0 Å². The van der Waals surface area contributed by atoms with Crippen LogP contribution in [0.3, 0.4) is 0 Å². The van der Waals surface area contributed by atoms with Crippen molar-refractivity contribution in [3.05, 3.63) is 28.7 Å². The number of benzene rings is 1. The number of carbonyl (C=O) groups is 1. The summed E-state index contributed by atoms with van der Waals surface area (Å²) in [6, 6.07) is 7.88. The number of halogens is 1. The number of nitrogens with zero attached hydrogens (tertiary/aromatic N) is 1. The molecular weight excluding hydrogens is 280 g/mol. The smallest absolute Gasteiger partial charge is 0.320 e. The molecule has 94 valence electrons. The first-order chi connectivity index (χ1) is 7.91. The second kappa shape index (κ2) is 6.05. The maximum Gasteiger partial charge on any atom is 0.322 e. The van der Waals surface area contributed by atoms with Crippen LogP contribution >= 0.6 is 15.9 Å². The Morgan fingerprint density at radius 2 is 1.59 bits per heavy atom. The van der Waals surface area contributed by atoms with Gasteiger partial charge in [-0.1, -0.05) is 15.9 Å². The van der Waals surface area contributed by atoms with Crippen LogP contribution in [-0.2, 0) is 0 Å². The number of amides is 2. The van der Waals surface area contributed by atoms with E-state index in [0.29, 0.717) is 0 Å². The van der Waals surface area contributed by atoms with Crippen molar-refractivity contribution >= 4 is 27.6 Å². The fraction of sp³-hybridized carbons (Fsp3) is 0.462. The van der Waals surface area contributed by atoms with Crippen LogP contribution in [0.2, 0.25) is 0 Å². The Morgan fingerprint density at radius 3 is 2.00 bits per heavy atom. The summed E-state index contributed by atoms with van der Waals surface area (Å²) in [6.07, 6.45) is 0. The monoisotopic (exact) mass is 298 g/mol. The molecule has 3 nitrogen and oxygen atoms in total. The Balaban J connectivity index is 2.73. The van der Waals surface area contributed by atoms with E-state index in [1.54, 1.807) is 0 Å². The lowest BCUT2D eigenvalue weighted by molar-refractivity contribution is 0.178. The third-order valence-corrected chi connectivity index (χ3v) is 2.97. The van der Waals surface area contributed by atoms with E-state index in [4.69, 9.17) is 0 Å². The molecule has 0 heterocycles. The van der Waals surface area contributed by atoms with E-state index in [0.717, 1.165) is 10.2 Å². The van der Waals surface area contributed by atoms with E-state index in [-0.39, 0.29) is 18.1 Å². The third kappa shape index (κ3) is 4.04. The van der Waals surface area contributed by atoms with Gasteiger partial charge in [-0.15, -0.1) is 0 Å². The average molecular weight is 299 g/mol. The van der Waals surface area contributed by atoms with Gasteiger partial charge in [-0.05, 0) is 52.0 Å². The molecule has 0 aromatic heterocycles. The average Bonchev–Trinajstić information content (AvgIpc) is 2.20. The summed E-state index contributed by atoms with van der Waals surface area (Å²) in [6.45, 7) is 8.06. The summed E-state index contributed by atoms with van der Waals surface area (Å²) in [4.78, 5) is 13.9. The van der Waals surface area contributed by atoms with Crippen LogP contribution in [0.25, 0.3) is 0 Å². The number of hydrogen-bond acceptors (Lipinski definition) is 1. The summed E-state index contributed by atoms with van der Waals surface area (Å²) in [5, 5.41) is 2.90. The van der Waals surface area contributed by atoms with E-state index in [1.165, 1.54) is 0 Å². The summed E-state index contributed by atoms with van der Waals surface area (Å²) in [5.74, 6) is 0. The fourth-order valence-corrected chi connectivity index (χ4v) is 2.05. The van der Waals surface area contributed by atoms with Crippen molar-refractivity contribution in [2.75, 3.05) is 5.32 Å². The summed E-state index contributed by atoms with van der Waals surface area (Å²) in [7, 11) is 0. The second-order valence-corrected chi connectivity index (χ2v) is 5.45. The molecule has 0 bridgehead atoms. The minimum absolute atomic E-state index is 0.0580. The van der Waals surface area contributed by atoms with Gasteiger partial charge < -0.3 is 10.2 Å². The molecule has 0 aliphatic carbocycles. The lowest BCUT2D eigenvalue weighted by atomic mass is 10.2. The van der Waals surface area contributed by atoms with Gasteiger partial charge in [-0.2, -0.15) is 0 Å². The molecule has 0 radical (unpaired) electrons. The lowest BCUT2D eigenvalue weighted by Crippen LogP contribution is -2.44. The van der Waals surface area contributed by atoms with Crippen molar-refractivity contribution in [2.24, 2.45) is 0 Å². The zero-order valence-corrected chi connectivity index (χ0v) is 12.3. The highest BCUT2D eigenvalue weighted by molar-refractivity contribution is 9.10. The quantitative estimate of drug-likeness (QED) is 0.895. The molecule has 1 aromatic carbocycles. The second-order valence-electron chi connectivity index (χ2n) is 4.53. The molecule has 1 N–H and O–H groups in total. The van der Waals surface area contributed by atoms with Gasteiger partial charge in [0, 0.05) is 22.2 Å². The number of carbonyl (C=O) groups excluding carboxylic acids is 1. The standard InChI is InChI=1S/C13H19BrN2O/c1-9(2)16(10(3)4)13(17)15-12-7-5-11(14)6-8-12/h5-10H,1-4H3,(H,15,17). The van der Waals surface area contributed by atoms with Crippen molar-refractivity contribution in [1.29, 1.82) is 0 Å². The highest BCUT2D eigenvalue weighted by atomic mass is 79.9. The number of hydrogen-bond donors (Lipinski definition) is 1. The molecule has 0 unspecified atom stereocenters. The highest BCUT2D eigenvalue weighted by Crippen LogP contribution is 2.15. The zero-order valence-electron chi connectivity index (χ0n) is 10.7. The molecule has 0 atom stereocenters. The van der Waals surface area contributed by atoms with E-state index >= 15 is 0 Å². The predicted molar refractivity (Wildman–Crippen MR) is 75.3 cm³/mol. The maximum absolute atomic E-state index is 12.1. The number of nitrogens with one attached hydrogen (secondary N) is 1. The van der Waals surface area contributed by atoms with Crippen LogP contribution < -0.4 is 5.32 Å². The molecule has 1 rings (SSSR count). The lowest BCUT2D eigenvalue weighted by Gasteiger charge is -2.30. The first kappa shape index (κ1) is 14.0. The molecular formula is C13H19BrN2O. The Morgan fingerprint density at radius 1 is 1.12 bits per heavy atom. The third-order valence-electron chi connectivity index (χ3n) is 2.44. The Labute approximate surface area is 111 Å². The molecule has 0 aliphatic heterocycles. The van der Waals surface area contributed by atoms with Crippen LogP contribution in [-0.4, -0.2) is 23.0 Å². The van der Waals surface area contributed by atoms with E-state index in [9.17, 15) is 4.79 Å². The van der Waals surface area contributed by atoms with Gasteiger partial charge in [0.2, 0.25) is 0 Å². The van der Waals surface area contributed by atoms with Crippen molar-refractivity contribution in [1.82, 2.24) is 4.90 Å². The first-order valence-corrected chi connectivity index (χ1v) is 6.56. The molecule has 0 fully saturated rings. The van der Waals surface area contributed by atoms with Gasteiger partial charge in [-0.25, -0.2) is 4.79 Å². The molecule has 4 heteroatoms. The zero-order chi connectivity index (χ0) is 13.0. The van der Waals surface area contributed by atoms with Crippen LogP contribution in [0.15, 0.2) is 28.7 Å². The Kier molecular flexibility index (Phi) is 5.00. The fourth-order valence-electron chi connectivity index (χ4n) is 1.79. The van der Waals surface area contributed by atoms with Crippen LogP contribution in [0.4, 0.5) is 10.5 Å². The normalized spacial score (nSPS) is 10.8. The van der Waals surface area contributed by atoms with Crippen LogP contribution in [0.1, 0.15) is 27.7 Å². The van der Waals surface area contributed by atoms with Crippen molar-refractivity contribution in [3.63, 3.8) is 0 Å². The Hall–Kier alpha value is -1.03. The molecule has 17 heavy (non-hydrogen) atoms. The number of urea groups is 1. The molecule has 0 saturated heterocycles. The minimum Gasteiger partial charge on any atom is -0.320 e. The van der Waals surface area contributed by atoms with E-state index in [2.05, 4.69) is 21.2 Å². The SMILES string of the molecule is CC(C)N(C(=O)Nc1ccc(Br)cc1)C(C)C. The van der Waals surface area contributed by atoms with E-state index < -0.39 is 0 Å². The largest absolute Gasteiger partial charge is 0.322 e.